The highest BCUT2D eigenvalue weighted by atomic mass is 14.3. The fourth-order valence-electron chi connectivity index (χ4n) is 4.48. The van der Waals surface area contributed by atoms with Gasteiger partial charge in [0.05, 0.1) is 5.57 Å². The predicted molar refractivity (Wildman–Crippen MR) is 133 cm³/mol. The van der Waals surface area contributed by atoms with Gasteiger partial charge >= 0.3 is 0 Å². The van der Waals surface area contributed by atoms with E-state index in [0.29, 0.717) is 5.57 Å². The molecule has 5 rings (SSSR count). The van der Waals surface area contributed by atoms with Crippen LogP contribution in [-0.2, 0) is 0 Å². The molecule has 0 aliphatic carbocycles. The normalized spacial score (nSPS) is 10.6. The van der Waals surface area contributed by atoms with Crippen molar-refractivity contribution in [3.63, 3.8) is 0 Å². The molecule has 2 heteroatoms. The predicted octanol–water partition coefficient (Wildman–Crippen LogP) is 5.56. The van der Waals surface area contributed by atoms with Crippen molar-refractivity contribution in [2.24, 2.45) is 0 Å². The van der Waals surface area contributed by atoms with Gasteiger partial charge in [0.1, 0.15) is 6.07 Å². The maximum Gasteiger partial charge on any atom is 0.100 e. The fourth-order valence-corrected chi connectivity index (χ4v) is 4.48. The molecule has 0 heterocycles. The summed E-state index contributed by atoms with van der Waals surface area (Å²) in [6.45, 7) is 0. The Bertz CT molecular complexity index is 1560. The van der Waals surface area contributed by atoms with E-state index in [1.807, 2.05) is 84.9 Å². The lowest BCUT2D eigenvalue weighted by Crippen LogP contribution is -2.20. The van der Waals surface area contributed by atoms with Crippen LogP contribution < -0.4 is 10.4 Å². The minimum absolute atomic E-state index is 0.653. The van der Waals surface area contributed by atoms with Crippen molar-refractivity contribution in [2.75, 3.05) is 0 Å². The molecule has 0 aromatic heterocycles. The lowest BCUT2D eigenvalue weighted by atomic mass is 9.90. The zero-order chi connectivity index (χ0) is 21.9. The van der Waals surface area contributed by atoms with Crippen LogP contribution in [0.5, 0.6) is 0 Å². The summed E-state index contributed by atoms with van der Waals surface area (Å²) in [6.07, 6.45) is 1.44. The molecule has 0 spiro atoms. The largest absolute Gasteiger partial charge is 0.308 e. The third kappa shape index (κ3) is 3.17. The first-order valence-corrected chi connectivity index (χ1v) is 10.5. The second kappa shape index (κ2) is 8.34. The van der Waals surface area contributed by atoms with Gasteiger partial charge in [0, 0.05) is 17.0 Å². The van der Waals surface area contributed by atoms with Crippen LogP contribution in [0.4, 0.5) is 0 Å². The zero-order valence-corrected chi connectivity index (χ0v) is 17.4. The van der Waals surface area contributed by atoms with Gasteiger partial charge in [-0.25, -0.2) is 0 Å². The minimum Gasteiger partial charge on any atom is -0.308 e. The van der Waals surface area contributed by atoms with E-state index in [2.05, 4.69) is 30.3 Å². The summed E-state index contributed by atoms with van der Waals surface area (Å²) in [5.74, 6) is 0. The van der Waals surface area contributed by atoms with Crippen molar-refractivity contribution in [3.8, 4) is 6.07 Å². The van der Waals surface area contributed by atoms with Crippen LogP contribution in [-0.4, -0.2) is 6.21 Å². The van der Waals surface area contributed by atoms with E-state index in [1.165, 1.54) is 6.21 Å². The number of rotatable bonds is 3. The Balaban J connectivity index is 2.14. The molecule has 0 saturated carbocycles. The number of nitrogens with one attached hydrogen (secondary N) is 1. The number of hydrogen-bond donors (Lipinski definition) is 1. The number of fused-ring (bicyclic) bond motifs is 2. The first kappa shape index (κ1) is 19.5. The molecule has 2 nitrogen and oxygen atoms in total. The lowest BCUT2D eigenvalue weighted by Gasteiger charge is -2.12. The van der Waals surface area contributed by atoms with E-state index >= 15 is 0 Å². The molecule has 0 aliphatic rings. The fraction of sp³-hybridized carbons (Fsp3) is 0. The molecule has 0 atom stereocenters. The minimum atomic E-state index is 0.653. The molecule has 5 aromatic carbocycles. The summed E-state index contributed by atoms with van der Waals surface area (Å²) >= 11 is 0. The zero-order valence-electron chi connectivity index (χ0n) is 17.4. The molecule has 5 aromatic rings. The molecule has 0 radical (unpaired) electrons. The quantitative estimate of drug-likeness (QED) is 0.308. The monoisotopic (exact) mass is 408 g/mol. The van der Waals surface area contributed by atoms with Crippen molar-refractivity contribution in [1.82, 2.24) is 0 Å². The molecule has 0 unspecified atom stereocenters. The van der Waals surface area contributed by atoms with Crippen LogP contribution >= 0.6 is 0 Å². The summed E-state index contributed by atoms with van der Waals surface area (Å²) in [4.78, 5) is 0. The number of nitrogens with zero attached hydrogens (tertiary/aromatic N) is 1. The van der Waals surface area contributed by atoms with Gasteiger partial charge in [0.2, 0.25) is 0 Å². The number of nitriles is 1. The van der Waals surface area contributed by atoms with Gasteiger partial charge in [-0.05, 0) is 37.9 Å². The molecule has 0 bridgehead atoms. The Kier molecular flexibility index (Phi) is 5.07. The molecule has 0 aliphatic heterocycles. The Labute approximate surface area is 186 Å². The average Bonchev–Trinajstić information content (AvgIpc) is 2.87. The Morgan fingerprint density at radius 3 is 1.41 bits per heavy atom. The second-order valence-corrected chi connectivity index (χ2v) is 7.62. The van der Waals surface area contributed by atoms with Gasteiger partial charge in [-0.1, -0.05) is 109 Å². The van der Waals surface area contributed by atoms with Crippen LogP contribution in [0.3, 0.4) is 0 Å². The van der Waals surface area contributed by atoms with Gasteiger partial charge in [-0.3, -0.25) is 0 Å². The highest BCUT2D eigenvalue weighted by Gasteiger charge is 2.13. The molecule has 0 fully saturated rings. The maximum atomic E-state index is 10.2. The summed E-state index contributed by atoms with van der Waals surface area (Å²) in [5.41, 5.74) is 3.42. The molecule has 150 valence electrons. The van der Waals surface area contributed by atoms with Crippen molar-refractivity contribution >= 4 is 38.9 Å². The van der Waals surface area contributed by atoms with E-state index < -0.39 is 0 Å². The van der Waals surface area contributed by atoms with E-state index in [9.17, 15) is 5.26 Å². The number of benzene rings is 5. The Hall–Kier alpha value is -4.48. The van der Waals surface area contributed by atoms with E-state index in [4.69, 9.17) is 5.41 Å². The highest BCUT2D eigenvalue weighted by Crippen LogP contribution is 2.20. The molecule has 0 saturated heterocycles. The molecular formula is C30H20N2. The van der Waals surface area contributed by atoms with E-state index in [-0.39, 0.29) is 0 Å². The van der Waals surface area contributed by atoms with Gasteiger partial charge < -0.3 is 5.41 Å². The lowest BCUT2D eigenvalue weighted by molar-refractivity contribution is 1.51. The maximum absolute atomic E-state index is 10.2. The van der Waals surface area contributed by atoms with Crippen LogP contribution in [0.2, 0.25) is 0 Å². The third-order valence-corrected chi connectivity index (χ3v) is 5.85. The molecule has 1 N–H and O–H groups in total. The first-order valence-electron chi connectivity index (χ1n) is 10.5. The average molecular weight is 409 g/mol. The molecular weight excluding hydrogens is 388 g/mol. The highest BCUT2D eigenvalue weighted by molar-refractivity contribution is 6.14. The molecule has 0 amide bonds. The second-order valence-electron chi connectivity index (χ2n) is 7.62. The summed E-state index contributed by atoms with van der Waals surface area (Å²) < 4.78 is 0. The first-order chi connectivity index (χ1) is 15.8. The van der Waals surface area contributed by atoms with Crippen LogP contribution in [0.1, 0.15) is 11.1 Å². The summed E-state index contributed by atoms with van der Waals surface area (Å²) in [5, 5.41) is 24.5. The van der Waals surface area contributed by atoms with Gasteiger partial charge in [-0.2, -0.15) is 5.26 Å². The van der Waals surface area contributed by atoms with Crippen LogP contribution in [0.25, 0.3) is 32.7 Å². The van der Waals surface area contributed by atoms with Crippen LogP contribution in [0.15, 0.2) is 109 Å². The van der Waals surface area contributed by atoms with Gasteiger partial charge in [0.25, 0.3) is 0 Å². The Morgan fingerprint density at radius 2 is 0.969 bits per heavy atom. The van der Waals surface area contributed by atoms with Crippen molar-refractivity contribution in [1.29, 1.82) is 10.7 Å². The Morgan fingerprint density at radius 1 is 0.562 bits per heavy atom. The van der Waals surface area contributed by atoms with Crippen LogP contribution in [0, 0.1) is 16.7 Å². The summed E-state index contributed by atoms with van der Waals surface area (Å²) in [7, 11) is 0. The smallest absolute Gasteiger partial charge is 0.100 e. The number of hydrogen-bond acceptors (Lipinski definition) is 2. The van der Waals surface area contributed by atoms with Crippen molar-refractivity contribution < 1.29 is 0 Å². The topological polar surface area (TPSA) is 47.6 Å². The standard InChI is InChI=1S/C30H20N2/c31-19-27(21-11-3-1-4-12-21)29-23-15-7-9-17-25(23)30(26-18-10-8-16-24(26)29)28(20-32)22-13-5-2-6-14-22/h1-19,31H. The van der Waals surface area contributed by atoms with Gasteiger partial charge in [0.15, 0.2) is 0 Å². The van der Waals surface area contributed by atoms with Crippen molar-refractivity contribution in [2.45, 2.75) is 0 Å². The SMILES string of the molecule is N#CC(c1ccccc1)=c1c2ccccc2c(=C(C=N)c2ccccc2)c2ccccc12. The third-order valence-electron chi connectivity index (χ3n) is 5.85. The van der Waals surface area contributed by atoms with E-state index in [0.717, 1.165) is 48.7 Å². The van der Waals surface area contributed by atoms with E-state index in [1.54, 1.807) is 0 Å². The summed E-state index contributed by atoms with van der Waals surface area (Å²) in [6, 6.07) is 38.8. The van der Waals surface area contributed by atoms with Gasteiger partial charge in [-0.15, -0.1) is 0 Å². The molecule has 32 heavy (non-hydrogen) atoms. The van der Waals surface area contributed by atoms with Crippen molar-refractivity contribution in [3.05, 3.63) is 131 Å².